The number of ether oxygens (including phenoxy) is 1. The number of rotatable bonds is 3. The average molecular weight is 385 g/mol. The van der Waals surface area contributed by atoms with Crippen LogP contribution in [0, 0.1) is 17.1 Å². The summed E-state index contributed by atoms with van der Waals surface area (Å²) in [5.41, 5.74) is -1.03. The van der Waals surface area contributed by atoms with Crippen LogP contribution in [0.4, 0.5) is 13.2 Å². The summed E-state index contributed by atoms with van der Waals surface area (Å²) in [7, 11) is -4.12. The molecule has 0 fully saturated rings. The molecule has 3 unspecified atom stereocenters. The fourth-order valence-corrected chi connectivity index (χ4v) is 3.68. The lowest BCUT2D eigenvalue weighted by atomic mass is 10.1. The molecule has 10 heteroatoms. The highest BCUT2D eigenvalue weighted by Gasteiger charge is 2.46. The van der Waals surface area contributed by atoms with Crippen molar-refractivity contribution in [3.63, 3.8) is 0 Å². The van der Waals surface area contributed by atoms with Gasteiger partial charge in [0.05, 0.1) is 11.6 Å². The summed E-state index contributed by atoms with van der Waals surface area (Å²) in [6.45, 7) is 0. The maximum absolute atomic E-state index is 14.4. The third-order valence-electron chi connectivity index (χ3n) is 3.92. The molecule has 0 heterocycles. The van der Waals surface area contributed by atoms with Gasteiger partial charge in [-0.05, 0) is 24.3 Å². The molecule has 0 aliphatic heterocycles. The van der Waals surface area contributed by atoms with E-state index in [1.165, 1.54) is 6.07 Å². The lowest BCUT2D eigenvalue weighted by Gasteiger charge is -2.14. The van der Waals surface area contributed by atoms with E-state index in [2.05, 4.69) is 5.14 Å². The van der Waals surface area contributed by atoms with Gasteiger partial charge in [-0.1, -0.05) is 0 Å². The van der Waals surface area contributed by atoms with E-state index in [-0.39, 0.29) is 17.1 Å². The molecular weight excluding hydrogens is 373 g/mol. The number of nitrogens with zero attached hydrogens (tertiary/aromatic N) is 1. The molecule has 1 aliphatic carbocycles. The van der Waals surface area contributed by atoms with E-state index in [0.29, 0.717) is 0 Å². The van der Waals surface area contributed by atoms with Gasteiger partial charge in [-0.2, -0.15) is 13.7 Å². The molecule has 1 aliphatic rings. The van der Waals surface area contributed by atoms with Crippen LogP contribution in [0.15, 0.2) is 35.2 Å². The smallest absolute Gasteiger partial charge is 0.322 e. The number of alkyl halides is 2. The molecule has 136 valence electrons. The normalized spacial score (nSPS) is 21.9. The van der Waals surface area contributed by atoms with Crippen molar-refractivity contribution in [1.82, 2.24) is 0 Å². The maximum atomic E-state index is 14.4. The van der Waals surface area contributed by atoms with Crippen molar-refractivity contribution in [1.29, 1.82) is 5.26 Å². The Morgan fingerprint density at radius 2 is 1.88 bits per heavy atom. The molecule has 0 saturated heterocycles. The second-order valence-electron chi connectivity index (χ2n) is 5.68. The maximum Gasteiger partial charge on any atom is 0.322 e. The summed E-state index contributed by atoms with van der Waals surface area (Å²) in [6, 6.07) is 6.82. The van der Waals surface area contributed by atoms with Crippen molar-refractivity contribution >= 4 is 10.0 Å². The average Bonchev–Trinajstić information content (AvgIpc) is 2.79. The van der Waals surface area contributed by atoms with E-state index < -0.39 is 50.3 Å². The number of hydrogen-bond donors (Lipinski definition) is 2. The number of hydrogen-bond acceptors (Lipinski definition) is 5. The molecule has 0 spiro atoms. The van der Waals surface area contributed by atoms with Crippen molar-refractivity contribution in [3.05, 3.63) is 52.8 Å². The highest BCUT2D eigenvalue weighted by molar-refractivity contribution is 7.84. The van der Waals surface area contributed by atoms with Crippen LogP contribution in [0.1, 0.15) is 29.0 Å². The van der Waals surface area contributed by atoms with Crippen molar-refractivity contribution in [2.75, 3.05) is 0 Å². The first kappa shape index (κ1) is 18.2. The first-order valence-electron chi connectivity index (χ1n) is 7.23. The number of aliphatic hydroxyl groups excluding tert-OH is 1. The van der Waals surface area contributed by atoms with Crippen LogP contribution in [0.3, 0.4) is 0 Å². The minimum atomic E-state index is -4.12. The zero-order valence-corrected chi connectivity index (χ0v) is 13.8. The third kappa shape index (κ3) is 3.01. The number of benzene rings is 2. The van der Waals surface area contributed by atoms with Crippen LogP contribution in [-0.4, -0.2) is 19.7 Å². The molecule has 4 N–H and O–H groups in total. The number of nitriles is 1. The van der Waals surface area contributed by atoms with Gasteiger partial charge in [0.25, 0.3) is 0 Å². The Labute approximate surface area is 146 Å². The predicted octanol–water partition coefficient (Wildman–Crippen LogP) is 1.82. The molecule has 0 bridgehead atoms. The summed E-state index contributed by atoms with van der Waals surface area (Å²) >= 11 is 0. The van der Waals surface area contributed by atoms with E-state index >= 15 is 0 Å². The lowest BCUT2D eigenvalue weighted by molar-refractivity contribution is -0.165. The fourth-order valence-electron chi connectivity index (χ4n) is 2.84. The van der Waals surface area contributed by atoms with Crippen LogP contribution >= 0.6 is 0 Å². The minimum Gasteiger partial charge on any atom is -0.457 e. The third-order valence-corrected chi connectivity index (χ3v) is 4.95. The number of aliphatic hydroxyl groups is 1. The molecule has 2 aromatic rings. The quantitative estimate of drug-likeness (QED) is 0.836. The summed E-state index contributed by atoms with van der Waals surface area (Å²) in [6.07, 6.45) is -6.75. The van der Waals surface area contributed by atoms with Crippen molar-refractivity contribution in [3.8, 4) is 17.6 Å². The molecule has 2 aromatic carbocycles. The zero-order valence-electron chi connectivity index (χ0n) is 13.0. The number of halogens is 3. The molecule has 6 nitrogen and oxygen atoms in total. The molecule has 26 heavy (non-hydrogen) atoms. The minimum absolute atomic E-state index is 0.0613. The van der Waals surface area contributed by atoms with Crippen LogP contribution in [0.2, 0.25) is 0 Å². The first-order chi connectivity index (χ1) is 12.1. The van der Waals surface area contributed by atoms with Crippen molar-refractivity contribution in [2.45, 2.75) is 23.3 Å². The Hall–Kier alpha value is -2.61. The van der Waals surface area contributed by atoms with Gasteiger partial charge in [-0.15, -0.1) is 0 Å². The predicted molar refractivity (Wildman–Crippen MR) is 81.4 cm³/mol. The topological polar surface area (TPSA) is 115 Å². The molecule has 3 rings (SSSR count). The first-order valence-corrected chi connectivity index (χ1v) is 8.88. The number of fused-ring (bicyclic) bond motifs is 1. The van der Waals surface area contributed by atoms with Gasteiger partial charge in [0, 0.05) is 17.2 Å². The van der Waals surface area contributed by atoms with Crippen LogP contribution in [0.25, 0.3) is 0 Å². The van der Waals surface area contributed by atoms with Gasteiger partial charge in [0.15, 0.2) is 12.3 Å². The Morgan fingerprint density at radius 1 is 1.19 bits per heavy atom. The lowest BCUT2D eigenvalue weighted by Crippen LogP contribution is -2.56. The standard InChI is InChI=1S/C16H11F3N2O4S/c17-8-3-7(6-20)4-9(5-8)25-10-1-2-11(26(21,23)24)13-12(10)14(18)15(19)16(13)22/h1-5,14-16,22H,(H2,21,23,24)/p+1. The number of quaternary nitrogens is 1. The Bertz CT molecular complexity index is 1040. The van der Waals surface area contributed by atoms with E-state index in [4.69, 9.17) is 10.00 Å². The van der Waals surface area contributed by atoms with Gasteiger partial charge in [-0.25, -0.2) is 18.3 Å². The monoisotopic (exact) mass is 385 g/mol. The highest BCUT2D eigenvalue weighted by atomic mass is 32.2. The van der Waals surface area contributed by atoms with Crippen molar-refractivity contribution < 1.29 is 36.6 Å². The van der Waals surface area contributed by atoms with Crippen LogP contribution in [-0.2, 0) is 10.0 Å². The van der Waals surface area contributed by atoms with Gasteiger partial charge < -0.3 is 9.84 Å². The summed E-state index contributed by atoms with van der Waals surface area (Å²) < 4.78 is 70.7. The SMILES string of the molecule is N#Cc1cc(F)cc(Oc2ccc(S([NH3+])(=O)=O)c3c2C(F)C(F)C3O)c1. The van der Waals surface area contributed by atoms with Gasteiger partial charge in [0.1, 0.15) is 28.3 Å². The Morgan fingerprint density at radius 3 is 2.50 bits per heavy atom. The summed E-state index contributed by atoms with van der Waals surface area (Å²) in [5.74, 6) is -1.25. The molecule has 0 radical (unpaired) electrons. The largest absolute Gasteiger partial charge is 0.457 e. The van der Waals surface area contributed by atoms with Gasteiger partial charge in [0.2, 0.25) is 0 Å². The highest BCUT2D eigenvalue weighted by Crippen LogP contribution is 2.50. The van der Waals surface area contributed by atoms with Gasteiger partial charge in [-0.3, -0.25) is 0 Å². The second kappa shape index (κ2) is 6.28. The van der Waals surface area contributed by atoms with Crippen molar-refractivity contribution in [2.24, 2.45) is 0 Å². The van der Waals surface area contributed by atoms with E-state index in [1.54, 1.807) is 6.07 Å². The molecule has 3 atom stereocenters. The van der Waals surface area contributed by atoms with Crippen LogP contribution < -0.4 is 9.88 Å². The Kier molecular flexibility index (Phi) is 4.39. The van der Waals surface area contributed by atoms with E-state index in [9.17, 15) is 26.7 Å². The number of sulfonamides is 1. The molecule has 0 amide bonds. The second-order valence-corrected chi connectivity index (χ2v) is 7.35. The summed E-state index contributed by atoms with van der Waals surface area (Å²) in [5, 5.41) is 21.7. The molecule has 0 saturated carbocycles. The van der Waals surface area contributed by atoms with E-state index in [0.717, 1.165) is 24.3 Å². The molecular formula is C16H12F3N2O4S+. The Balaban J connectivity index is 2.17. The van der Waals surface area contributed by atoms with Crippen LogP contribution in [0.5, 0.6) is 11.5 Å². The fraction of sp³-hybridized carbons (Fsp3) is 0.188. The summed E-state index contributed by atoms with van der Waals surface area (Å²) in [4.78, 5) is -0.521. The zero-order chi connectivity index (χ0) is 19.2. The van der Waals surface area contributed by atoms with Gasteiger partial charge >= 0.3 is 10.0 Å². The van der Waals surface area contributed by atoms with E-state index in [1.807, 2.05) is 0 Å². The molecule has 0 aromatic heterocycles.